The van der Waals surface area contributed by atoms with Gasteiger partial charge in [0.05, 0.1) is 32.5 Å². The van der Waals surface area contributed by atoms with E-state index < -0.39 is 42.8 Å². The molecule has 2 N–H and O–H groups in total. The molecular weight excluding hydrogens is 316 g/mol. The van der Waals surface area contributed by atoms with Crippen molar-refractivity contribution in [2.75, 3.05) is 13.2 Å². The van der Waals surface area contributed by atoms with Crippen LogP contribution in [0.5, 0.6) is 0 Å². The number of aliphatic hydroxyl groups is 1. The van der Waals surface area contributed by atoms with E-state index in [1.807, 2.05) is 0 Å². The zero-order chi connectivity index (χ0) is 16.5. The van der Waals surface area contributed by atoms with Gasteiger partial charge in [-0.25, -0.2) is 0 Å². The van der Waals surface area contributed by atoms with Crippen molar-refractivity contribution in [3.63, 3.8) is 0 Å². The first-order chi connectivity index (χ1) is 10.5. The average molecular weight is 334 g/mol. The van der Waals surface area contributed by atoms with Crippen LogP contribution in [0.15, 0.2) is 0 Å². The van der Waals surface area contributed by atoms with Gasteiger partial charge in [0.1, 0.15) is 12.2 Å². The quantitative estimate of drug-likeness (QED) is 0.438. The first-order valence-corrected chi connectivity index (χ1v) is 7.20. The monoisotopic (exact) mass is 334 g/mol. The van der Waals surface area contributed by atoms with Crippen LogP contribution in [0.2, 0.25) is 0 Å². The number of esters is 2. The molecular formula is C13H18O8S. The predicted molar refractivity (Wildman–Crippen MR) is 76.3 cm³/mol. The summed E-state index contributed by atoms with van der Waals surface area (Å²) < 4.78 is 15.5. The Labute approximate surface area is 132 Å². The molecule has 0 amide bonds. The normalized spacial score (nSPS) is 21.9. The first-order valence-electron chi connectivity index (χ1n) is 6.73. The lowest BCUT2D eigenvalue weighted by molar-refractivity contribution is -0.160. The van der Waals surface area contributed by atoms with E-state index in [1.165, 1.54) is 5.37 Å². The van der Waals surface area contributed by atoms with Crippen molar-refractivity contribution in [1.29, 1.82) is 0 Å². The van der Waals surface area contributed by atoms with E-state index in [1.54, 1.807) is 0 Å². The maximum atomic E-state index is 11.5. The Morgan fingerprint density at radius 2 is 2.05 bits per heavy atom. The third-order valence-corrected chi connectivity index (χ3v) is 3.13. The Morgan fingerprint density at radius 1 is 1.32 bits per heavy atom. The smallest absolute Gasteiger partial charge is 0.310 e. The van der Waals surface area contributed by atoms with Gasteiger partial charge in [-0.3, -0.25) is 14.4 Å². The van der Waals surface area contributed by atoms with E-state index in [4.69, 9.17) is 19.3 Å². The number of hydrogen-bond donors (Lipinski definition) is 2. The third-order valence-electron chi connectivity index (χ3n) is 2.96. The number of carboxylic acids is 1. The van der Waals surface area contributed by atoms with E-state index in [9.17, 15) is 19.5 Å². The summed E-state index contributed by atoms with van der Waals surface area (Å²) in [6.45, 7) is -0.332. The van der Waals surface area contributed by atoms with Crippen LogP contribution in [0.3, 0.4) is 0 Å². The maximum absolute atomic E-state index is 11.5. The van der Waals surface area contributed by atoms with Crippen LogP contribution < -0.4 is 0 Å². The number of carbonyl (C=O) groups is 3. The molecule has 8 nitrogen and oxygen atoms in total. The summed E-state index contributed by atoms with van der Waals surface area (Å²) >= 11 is 4.55. The molecule has 0 spiro atoms. The molecule has 0 bridgehead atoms. The van der Waals surface area contributed by atoms with Crippen molar-refractivity contribution in [3.05, 3.63) is 0 Å². The van der Waals surface area contributed by atoms with E-state index in [0.29, 0.717) is 0 Å². The molecule has 0 aromatic heterocycles. The number of hydrogen-bond acceptors (Lipinski definition) is 8. The van der Waals surface area contributed by atoms with Gasteiger partial charge in [-0.2, -0.15) is 0 Å². The topological polar surface area (TPSA) is 119 Å². The Kier molecular flexibility index (Phi) is 7.92. The SMILES string of the molecule is O=C(O)CCC(=O)OC(CO)C1CC(OC(=O)CC=S)CO1. The van der Waals surface area contributed by atoms with Crippen molar-refractivity contribution >= 4 is 35.5 Å². The highest BCUT2D eigenvalue weighted by Crippen LogP contribution is 2.21. The second kappa shape index (κ2) is 9.44. The van der Waals surface area contributed by atoms with Gasteiger partial charge >= 0.3 is 17.9 Å². The summed E-state index contributed by atoms with van der Waals surface area (Å²) in [5.74, 6) is -2.31. The molecule has 1 fully saturated rings. The Bertz CT molecular complexity index is 424. The second-order valence-electron chi connectivity index (χ2n) is 4.69. The van der Waals surface area contributed by atoms with Crippen molar-refractivity contribution in [1.82, 2.24) is 0 Å². The third kappa shape index (κ3) is 6.46. The standard InChI is InChI=1S/C13H18O8S/c14-6-10(21-12(17)2-1-11(15)16)9-5-8(7-19-9)20-13(18)3-4-22/h4,8-10,14H,1-3,5-7H2,(H,15,16). The lowest BCUT2D eigenvalue weighted by Gasteiger charge is -2.21. The van der Waals surface area contributed by atoms with Crippen molar-refractivity contribution in [2.24, 2.45) is 0 Å². The number of aliphatic hydroxyl groups excluding tert-OH is 1. The highest BCUT2D eigenvalue weighted by atomic mass is 32.1. The van der Waals surface area contributed by atoms with Crippen LogP contribution in [0, 0.1) is 0 Å². The van der Waals surface area contributed by atoms with Gasteiger partial charge in [0.2, 0.25) is 0 Å². The van der Waals surface area contributed by atoms with Crippen LogP contribution in [-0.4, -0.2) is 65.0 Å². The Balaban J connectivity index is 2.41. The minimum absolute atomic E-state index is 0.0180. The number of aliphatic carboxylic acids is 1. The molecule has 1 aliphatic heterocycles. The molecule has 0 saturated carbocycles. The zero-order valence-electron chi connectivity index (χ0n) is 11.8. The summed E-state index contributed by atoms with van der Waals surface area (Å²) in [6, 6.07) is 0. The molecule has 0 aromatic rings. The molecule has 3 unspecified atom stereocenters. The van der Waals surface area contributed by atoms with E-state index >= 15 is 0 Å². The fourth-order valence-electron chi connectivity index (χ4n) is 1.94. The van der Waals surface area contributed by atoms with Gasteiger partial charge in [-0.15, -0.1) is 0 Å². The average Bonchev–Trinajstić information content (AvgIpc) is 2.91. The number of carboxylic acid groups (broad SMARTS) is 1. The molecule has 1 aliphatic rings. The lowest BCUT2D eigenvalue weighted by Crippen LogP contribution is -2.34. The van der Waals surface area contributed by atoms with Crippen LogP contribution in [-0.2, 0) is 28.6 Å². The van der Waals surface area contributed by atoms with Crippen LogP contribution in [0.25, 0.3) is 0 Å². The summed E-state index contributed by atoms with van der Waals surface area (Å²) in [5.41, 5.74) is 0. The minimum Gasteiger partial charge on any atom is -0.481 e. The first kappa shape index (κ1) is 18.5. The Hall–Kier alpha value is -1.58. The second-order valence-corrected chi connectivity index (χ2v) is 5.03. The van der Waals surface area contributed by atoms with Gasteiger partial charge in [0.15, 0.2) is 6.10 Å². The number of ether oxygens (including phenoxy) is 3. The van der Waals surface area contributed by atoms with E-state index in [-0.39, 0.29) is 32.3 Å². The molecule has 1 saturated heterocycles. The Morgan fingerprint density at radius 3 is 2.64 bits per heavy atom. The molecule has 3 atom stereocenters. The summed E-state index contributed by atoms with van der Waals surface area (Å²) in [6.07, 6.45) is -2.35. The molecule has 0 aromatic carbocycles. The molecule has 0 aliphatic carbocycles. The molecule has 22 heavy (non-hydrogen) atoms. The number of rotatable bonds is 9. The predicted octanol–water partition coefficient (Wildman–Crippen LogP) is -0.154. The van der Waals surface area contributed by atoms with E-state index in [2.05, 4.69) is 12.2 Å². The van der Waals surface area contributed by atoms with Crippen LogP contribution in [0.1, 0.15) is 25.7 Å². The van der Waals surface area contributed by atoms with Gasteiger partial charge in [0, 0.05) is 6.42 Å². The molecule has 0 radical (unpaired) electrons. The molecule has 124 valence electrons. The summed E-state index contributed by atoms with van der Waals surface area (Å²) in [4.78, 5) is 33.1. The molecule has 1 heterocycles. The fourth-order valence-corrected chi connectivity index (χ4v) is 2.07. The highest BCUT2D eigenvalue weighted by Gasteiger charge is 2.35. The number of carbonyl (C=O) groups excluding carboxylic acids is 2. The largest absolute Gasteiger partial charge is 0.481 e. The van der Waals surface area contributed by atoms with Crippen LogP contribution >= 0.6 is 12.2 Å². The van der Waals surface area contributed by atoms with E-state index in [0.717, 1.165) is 0 Å². The van der Waals surface area contributed by atoms with Gasteiger partial charge < -0.3 is 24.4 Å². The summed E-state index contributed by atoms with van der Waals surface area (Å²) in [7, 11) is 0. The van der Waals surface area contributed by atoms with Gasteiger partial charge in [0.25, 0.3) is 0 Å². The lowest BCUT2D eigenvalue weighted by atomic mass is 10.1. The number of thiocarbonyl (C=S) groups is 1. The highest BCUT2D eigenvalue weighted by molar-refractivity contribution is 7.79. The van der Waals surface area contributed by atoms with Crippen molar-refractivity contribution in [2.45, 2.75) is 44.0 Å². The van der Waals surface area contributed by atoms with Gasteiger partial charge in [-0.05, 0) is 5.37 Å². The van der Waals surface area contributed by atoms with Crippen LogP contribution in [0.4, 0.5) is 0 Å². The van der Waals surface area contributed by atoms with Crippen molar-refractivity contribution in [3.8, 4) is 0 Å². The zero-order valence-corrected chi connectivity index (χ0v) is 12.6. The van der Waals surface area contributed by atoms with Gasteiger partial charge in [-0.1, -0.05) is 12.2 Å². The molecule has 9 heteroatoms. The maximum Gasteiger partial charge on any atom is 0.310 e. The summed E-state index contributed by atoms with van der Waals surface area (Å²) in [5, 5.41) is 19.0. The van der Waals surface area contributed by atoms with Crippen molar-refractivity contribution < 1.29 is 38.8 Å². The molecule has 1 rings (SSSR count). The minimum atomic E-state index is -1.11. The fraction of sp³-hybridized carbons (Fsp3) is 0.692.